The van der Waals surface area contributed by atoms with E-state index >= 15 is 0 Å². The average Bonchev–Trinajstić information content (AvgIpc) is 2.61. The standard InChI is InChI=1S/C8H8N4S.CH4/c1-5-4-13-8(10-5)7-11-6-2-3-9-12(6)7;/h2-4,7,11H,1H3;1H4. The topological polar surface area (TPSA) is 42.7 Å². The molecule has 0 radical (unpaired) electrons. The highest BCUT2D eigenvalue weighted by Crippen LogP contribution is 2.32. The molecular weight excluding hydrogens is 196 g/mol. The highest BCUT2D eigenvalue weighted by Gasteiger charge is 2.28. The Hall–Kier alpha value is -1.36. The molecule has 2 aromatic rings. The molecule has 0 amide bonds. The summed E-state index contributed by atoms with van der Waals surface area (Å²) < 4.78 is 1.94. The van der Waals surface area contributed by atoms with Gasteiger partial charge in [0.15, 0.2) is 6.17 Å². The average molecular weight is 208 g/mol. The third kappa shape index (κ3) is 1.13. The van der Waals surface area contributed by atoms with Crippen LogP contribution < -0.4 is 5.32 Å². The molecule has 2 aromatic heterocycles. The van der Waals surface area contributed by atoms with E-state index in [0.717, 1.165) is 16.5 Å². The molecule has 1 atom stereocenters. The van der Waals surface area contributed by atoms with E-state index in [2.05, 4.69) is 20.8 Å². The smallest absolute Gasteiger partial charge is 0.176 e. The molecule has 0 saturated heterocycles. The summed E-state index contributed by atoms with van der Waals surface area (Å²) in [5.41, 5.74) is 1.07. The predicted octanol–water partition coefficient (Wildman–Crippen LogP) is 2.26. The summed E-state index contributed by atoms with van der Waals surface area (Å²) in [5, 5.41) is 10.6. The van der Waals surface area contributed by atoms with E-state index in [1.807, 2.05) is 17.7 Å². The first-order valence-corrected chi connectivity index (χ1v) is 4.94. The van der Waals surface area contributed by atoms with Crippen molar-refractivity contribution >= 4 is 17.2 Å². The number of hydrogen-bond donors (Lipinski definition) is 1. The zero-order valence-corrected chi connectivity index (χ0v) is 7.88. The van der Waals surface area contributed by atoms with Gasteiger partial charge in [-0.1, -0.05) is 7.43 Å². The number of nitrogens with zero attached hydrogens (tertiary/aromatic N) is 3. The highest BCUT2D eigenvalue weighted by molar-refractivity contribution is 7.09. The SMILES string of the molecule is C.Cc1csc(C2Nc3ccnn32)n1. The summed E-state index contributed by atoms with van der Waals surface area (Å²) in [6, 6.07) is 1.96. The monoisotopic (exact) mass is 208 g/mol. The fourth-order valence-corrected chi connectivity index (χ4v) is 2.26. The van der Waals surface area contributed by atoms with Crippen LogP contribution in [-0.2, 0) is 0 Å². The third-order valence-electron chi connectivity index (χ3n) is 2.07. The zero-order valence-electron chi connectivity index (χ0n) is 7.06. The minimum absolute atomic E-state index is 0. The van der Waals surface area contributed by atoms with Crippen LogP contribution in [0.4, 0.5) is 5.82 Å². The molecule has 0 bridgehead atoms. The number of thiazole rings is 1. The van der Waals surface area contributed by atoms with Crippen LogP contribution in [-0.4, -0.2) is 14.8 Å². The molecule has 1 aliphatic rings. The Morgan fingerprint density at radius 2 is 2.43 bits per heavy atom. The van der Waals surface area contributed by atoms with Crippen molar-refractivity contribution in [2.75, 3.05) is 5.32 Å². The number of rotatable bonds is 1. The number of aromatic nitrogens is 3. The van der Waals surface area contributed by atoms with Crippen molar-refractivity contribution in [3.63, 3.8) is 0 Å². The fourth-order valence-electron chi connectivity index (χ4n) is 1.43. The Morgan fingerprint density at radius 3 is 3.07 bits per heavy atom. The maximum atomic E-state index is 4.41. The van der Waals surface area contributed by atoms with Gasteiger partial charge in [-0.05, 0) is 6.92 Å². The van der Waals surface area contributed by atoms with Crippen LogP contribution in [0.25, 0.3) is 0 Å². The van der Waals surface area contributed by atoms with Gasteiger partial charge in [0, 0.05) is 17.1 Å². The van der Waals surface area contributed by atoms with Gasteiger partial charge < -0.3 is 5.32 Å². The number of hydrogen-bond acceptors (Lipinski definition) is 4. The van der Waals surface area contributed by atoms with Crippen LogP contribution >= 0.6 is 11.3 Å². The predicted molar refractivity (Wildman–Crippen MR) is 57.6 cm³/mol. The lowest BCUT2D eigenvalue weighted by atomic mass is 10.4. The first-order valence-electron chi connectivity index (χ1n) is 4.07. The molecule has 0 saturated carbocycles. The van der Waals surface area contributed by atoms with Crippen LogP contribution in [0.5, 0.6) is 0 Å². The number of nitrogens with one attached hydrogen (secondary N) is 1. The second-order valence-corrected chi connectivity index (χ2v) is 3.92. The number of aryl methyl sites for hydroxylation is 1. The van der Waals surface area contributed by atoms with Crippen molar-refractivity contribution in [1.82, 2.24) is 14.8 Å². The van der Waals surface area contributed by atoms with Crippen LogP contribution in [0.15, 0.2) is 17.6 Å². The Labute approximate surface area is 86.6 Å². The first-order chi connectivity index (χ1) is 6.34. The van der Waals surface area contributed by atoms with Crippen molar-refractivity contribution in [2.24, 2.45) is 0 Å². The van der Waals surface area contributed by atoms with Gasteiger partial charge in [-0.25, -0.2) is 9.67 Å². The van der Waals surface area contributed by atoms with Gasteiger partial charge in [-0.3, -0.25) is 0 Å². The minimum atomic E-state index is 0. The minimum Gasteiger partial charge on any atom is -0.343 e. The van der Waals surface area contributed by atoms with Crippen LogP contribution in [0, 0.1) is 6.92 Å². The number of fused-ring (bicyclic) bond motifs is 1. The van der Waals surface area contributed by atoms with Crippen molar-refractivity contribution in [2.45, 2.75) is 20.5 Å². The molecule has 5 heteroatoms. The van der Waals surface area contributed by atoms with Gasteiger partial charge in [0.2, 0.25) is 0 Å². The Morgan fingerprint density at radius 1 is 1.57 bits per heavy atom. The molecule has 0 aliphatic carbocycles. The molecule has 0 fully saturated rings. The Bertz CT molecular complexity index is 445. The summed E-state index contributed by atoms with van der Waals surface area (Å²) >= 11 is 1.67. The molecule has 0 spiro atoms. The lowest BCUT2D eigenvalue weighted by Crippen LogP contribution is -2.31. The van der Waals surface area contributed by atoms with Crippen LogP contribution in [0.2, 0.25) is 0 Å². The van der Waals surface area contributed by atoms with E-state index in [1.165, 1.54) is 0 Å². The Kier molecular flexibility index (Phi) is 2.03. The zero-order chi connectivity index (χ0) is 8.84. The van der Waals surface area contributed by atoms with Crippen molar-refractivity contribution < 1.29 is 0 Å². The highest BCUT2D eigenvalue weighted by atomic mass is 32.1. The van der Waals surface area contributed by atoms with Gasteiger partial charge >= 0.3 is 0 Å². The van der Waals surface area contributed by atoms with E-state index in [9.17, 15) is 0 Å². The Balaban J connectivity index is 0.000000750. The van der Waals surface area contributed by atoms with E-state index in [0.29, 0.717) is 0 Å². The van der Waals surface area contributed by atoms with Gasteiger partial charge in [-0.15, -0.1) is 11.3 Å². The second kappa shape index (κ2) is 3.09. The molecule has 3 heterocycles. The molecule has 4 nitrogen and oxygen atoms in total. The maximum Gasteiger partial charge on any atom is 0.176 e. The number of anilines is 1. The summed E-state index contributed by atoms with van der Waals surface area (Å²) in [5.74, 6) is 1.07. The molecule has 1 N–H and O–H groups in total. The second-order valence-electron chi connectivity index (χ2n) is 3.04. The van der Waals surface area contributed by atoms with Gasteiger partial charge in [0.05, 0.1) is 6.20 Å². The maximum absolute atomic E-state index is 4.41. The van der Waals surface area contributed by atoms with Crippen molar-refractivity contribution in [3.05, 3.63) is 28.3 Å². The summed E-state index contributed by atoms with van der Waals surface area (Å²) in [7, 11) is 0. The molecule has 14 heavy (non-hydrogen) atoms. The molecule has 1 unspecified atom stereocenters. The largest absolute Gasteiger partial charge is 0.343 e. The van der Waals surface area contributed by atoms with E-state index < -0.39 is 0 Å². The summed E-state index contributed by atoms with van der Waals surface area (Å²) in [6.07, 6.45) is 1.95. The van der Waals surface area contributed by atoms with E-state index in [4.69, 9.17) is 0 Å². The van der Waals surface area contributed by atoms with E-state index in [1.54, 1.807) is 17.5 Å². The molecule has 0 aromatic carbocycles. The van der Waals surface area contributed by atoms with Gasteiger partial charge in [0.1, 0.15) is 10.8 Å². The fraction of sp³-hybridized carbons (Fsp3) is 0.333. The first kappa shape index (κ1) is 9.21. The normalized spacial score (nSPS) is 17.6. The van der Waals surface area contributed by atoms with Gasteiger partial charge in [-0.2, -0.15) is 5.10 Å². The van der Waals surface area contributed by atoms with Crippen LogP contribution in [0.1, 0.15) is 24.3 Å². The molecule has 3 rings (SSSR count). The van der Waals surface area contributed by atoms with Gasteiger partial charge in [0.25, 0.3) is 0 Å². The van der Waals surface area contributed by atoms with Crippen LogP contribution in [0.3, 0.4) is 0 Å². The quantitative estimate of drug-likeness (QED) is 0.781. The molecular formula is C9H12N4S. The van der Waals surface area contributed by atoms with Crippen molar-refractivity contribution in [1.29, 1.82) is 0 Å². The third-order valence-corrected chi connectivity index (χ3v) is 3.09. The lowest BCUT2D eigenvalue weighted by molar-refractivity contribution is 0.511. The summed E-state index contributed by atoms with van der Waals surface area (Å²) in [4.78, 5) is 4.41. The van der Waals surface area contributed by atoms with Crippen molar-refractivity contribution in [3.8, 4) is 0 Å². The van der Waals surface area contributed by atoms with E-state index in [-0.39, 0.29) is 13.6 Å². The summed E-state index contributed by atoms with van der Waals surface area (Å²) in [6.45, 7) is 2.00. The molecule has 74 valence electrons. The lowest BCUT2D eigenvalue weighted by Gasteiger charge is -2.28. The molecule has 1 aliphatic heterocycles.